The second kappa shape index (κ2) is 3.13. The van der Waals surface area contributed by atoms with Crippen molar-refractivity contribution < 1.29 is 4.74 Å². The monoisotopic (exact) mass is 215 g/mol. The average molecular weight is 215 g/mol. The molecule has 3 heteroatoms. The molecule has 1 atom stereocenters. The number of nitrogens with one attached hydrogen (secondary N) is 1. The lowest BCUT2D eigenvalue weighted by Crippen LogP contribution is -2.65. The Bertz CT molecular complexity index is 231. The van der Waals surface area contributed by atoms with E-state index < -0.39 is 0 Å². The molecule has 1 N–H and O–H groups in total. The van der Waals surface area contributed by atoms with Gasteiger partial charge in [0.2, 0.25) is 0 Å². The summed E-state index contributed by atoms with van der Waals surface area (Å²) in [6.07, 6.45) is 1.15. The molecule has 0 aliphatic carbocycles. The van der Waals surface area contributed by atoms with Gasteiger partial charge >= 0.3 is 0 Å². The molecular weight excluding hydrogens is 194 g/mol. The summed E-state index contributed by atoms with van der Waals surface area (Å²) in [6.45, 7) is 10.0. The Morgan fingerprint density at radius 2 is 1.93 bits per heavy atom. The summed E-state index contributed by atoms with van der Waals surface area (Å²) in [5, 5.41) is 3.60. The fourth-order valence-corrected chi connectivity index (χ4v) is 3.28. The van der Waals surface area contributed by atoms with Gasteiger partial charge in [-0.15, -0.1) is 0 Å². The van der Waals surface area contributed by atoms with Crippen LogP contribution in [0.4, 0.5) is 0 Å². The van der Waals surface area contributed by atoms with Crippen LogP contribution in [0.15, 0.2) is 0 Å². The molecule has 14 heavy (non-hydrogen) atoms. The zero-order chi connectivity index (χ0) is 10.4. The molecule has 2 saturated heterocycles. The van der Waals surface area contributed by atoms with E-state index in [1.165, 1.54) is 5.75 Å². The maximum atomic E-state index is 6.31. The Balaban J connectivity index is 2.16. The van der Waals surface area contributed by atoms with Crippen LogP contribution in [0.1, 0.15) is 34.1 Å². The maximum absolute atomic E-state index is 6.31. The van der Waals surface area contributed by atoms with E-state index in [-0.39, 0.29) is 16.7 Å². The van der Waals surface area contributed by atoms with Crippen LogP contribution in [0.2, 0.25) is 0 Å². The highest BCUT2D eigenvalue weighted by Gasteiger charge is 2.51. The smallest absolute Gasteiger partial charge is 0.129 e. The van der Waals surface area contributed by atoms with Crippen molar-refractivity contribution in [1.29, 1.82) is 0 Å². The molecule has 2 aliphatic heterocycles. The topological polar surface area (TPSA) is 21.3 Å². The highest BCUT2D eigenvalue weighted by atomic mass is 32.2. The molecule has 2 fully saturated rings. The first-order chi connectivity index (χ1) is 6.37. The Kier molecular flexibility index (Phi) is 2.41. The van der Waals surface area contributed by atoms with Crippen LogP contribution in [0.5, 0.6) is 0 Å². The van der Waals surface area contributed by atoms with Gasteiger partial charge in [-0.3, -0.25) is 5.32 Å². The van der Waals surface area contributed by atoms with Crippen LogP contribution < -0.4 is 5.32 Å². The number of rotatable bonds is 0. The Labute approximate surface area is 91.2 Å². The molecule has 0 amide bonds. The van der Waals surface area contributed by atoms with E-state index in [4.69, 9.17) is 4.74 Å². The SMILES string of the molecule is CC1(C)CNC2(CCSC2)OC1(C)C. The first-order valence-electron chi connectivity index (χ1n) is 5.40. The zero-order valence-electron chi connectivity index (χ0n) is 9.64. The molecule has 1 spiro atoms. The van der Waals surface area contributed by atoms with Crippen molar-refractivity contribution in [1.82, 2.24) is 5.32 Å². The van der Waals surface area contributed by atoms with Gasteiger partial charge in [0.05, 0.1) is 5.60 Å². The van der Waals surface area contributed by atoms with Crippen molar-refractivity contribution in [2.75, 3.05) is 18.1 Å². The summed E-state index contributed by atoms with van der Waals surface area (Å²) in [4.78, 5) is 0. The van der Waals surface area contributed by atoms with Crippen molar-refractivity contribution in [2.24, 2.45) is 5.41 Å². The standard InChI is InChI=1S/C11H21NOS/c1-9(2)7-12-11(5-6-14-8-11)13-10(9,3)4/h12H,5-8H2,1-4H3. The van der Waals surface area contributed by atoms with Crippen molar-refractivity contribution in [3.05, 3.63) is 0 Å². The van der Waals surface area contributed by atoms with Crippen molar-refractivity contribution in [2.45, 2.75) is 45.4 Å². The fraction of sp³-hybridized carbons (Fsp3) is 1.00. The van der Waals surface area contributed by atoms with E-state index in [0.717, 1.165) is 18.7 Å². The average Bonchev–Trinajstić information content (AvgIpc) is 2.47. The van der Waals surface area contributed by atoms with E-state index in [1.807, 2.05) is 11.8 Å². The minimum absolute atomic E-state index is 0.0241. The summed E-state index contributed by atoms with van der Waals surface area (Å²) in [6, 6.07) is 0. The van der Waals surface area contributed by atoms with Crippen LogP contribution >= 0.6 is 11.8 Å². The quantitative estimate of drug-likeness (QED) is 0.669. The zero-order valence-corrected chi connectivity index (χ0v) is 10.5. The third-order valence-corrected chi connectivity index (χ3v) is 5.08. The van der Waals surface area contributed by atoms with E-state index in [1.54, 1.807) is 0 Å². The number of hydrogen-bond donors (Lipinski definition) is 1. The number of ether oxygens (including phenoxy) is 1. The lowest BCUT2D eigenvalue weighted by molar-refractivity contribution is -0.224. The molecule has 0 radical (unpaired) electrons. The van der Waals surface area contributed by atoms with Gasteiger partial charge in [-0.25, -0.2) is 0 Å². The third kappa shape index (κ3) is 1.59. The minimum Gasteiger partial charge on any atom is -0.353 e. The van der Waals surface area contributed by atoms with E-state index in [0.29, 0.717) is 0 Å². The molecule has 0 aromatic rings. The van der Waals surface area contributed by atoms with Gasteiger partial charge in [0.15, 0.2) is 0 Å². The molecule has 2 heterocycles. The van der Waals surface area contributed by atoms with Crippen LogP contribution in [-0.2, 0) is 4.74 Å². The summed E-state index contributed by atoms with van der Waals surface area (Å²) in [5.74, 6) is 2.33. The van der Waals surface area contributed by atoms with Crippen molar-refractivity contribution in [3.8, 4) is 0 Å². The second-order valence-corrected chi connectivity index (χ2v) is 6.75. The predicted molar refractivity (Wildman–Crippen MR) is 61.6 cm³/mol. The maximum Gasteiger partial charge on any atom is 0.129 e. The van der Waals surface area contributed by atoms with Gasteiger partial charge in [-0.05, 0) is 26.0 Å². The number of thioether (sulfide) groups is 1. The van der Waals surface area contributed by atoms with Crippen molar-refractivity contribution >= 4 is 11.8 Å². The molecule has 0 bridgehead atoms. The summed E-state index contributed by atoms with van der Waals surface area (Å²) in [5.41, 5.74) is 0.165. The molecule has 2 nitrogen and oxygen atoms in total. The highest BCUT2D eigenvalue weighted by Crippen LogP contribution is 2.44. The van der Waals surface area contributed by atoms with Gasteiger partial charge < -0.3 is 4.74 Å². The molecular formula is C11H21NOS. The summed E-state index contributed by atoms with van der Waals surface area (Å²) < 4.78 is 6.31. The fourth-order valence-electron chi connectivity index (χ4n) is 2.02. The molecule has 0 saturated carbocycles. The van der Waals surface area contributed by atoms with Gasteiger partial charge in [0, 0.05) is 17.7 Å². The summed E-state index contributed by atoms with van der Waals surface area (Å²) in [7, 11) is 0. The molecule has 2 rings (SSSR count). The summed E-state index contributed by atoms with van der Waals surface area (Å²) >= 11 is 1.99. The first kappa shape index (κ1) is 10.8. The number of hydrogen-bond acceptors (Lipinski definition) is 3. The highest BCUT2D eigenvalue weighted by molar-refractivity contribution is 7.99. The van der Waals surface area contributed by atoms with Gasteiger partial charge in [-0.2, -0.15) is 11.8 Å². The second-order valence-electron chi connectivity index (χ2n) is 5.65. The van der Waals surface area contributed by atoms with Crippen LogP contribution in [0, 0.1) is 5.41 Å². The van der Waals surface area contributed by atoms with Crippen LogP contribution in [-0.4, -0.2) is 29.4 Å². The first-order valence-corrected chi connectivity index (χ1v) is 6.55. The van der Waals surface area contributed by atoms with Crippen LogP contribution in [0.25, 0.3) is 0 Å². The van der Waals surface area contributed by atoms with Crippen LogP contribution in [0.3, 0.4) is 0 Å². The van der Waals surface area contributed by atoms with E-state index in [9.17, 15) is 0 Å². The normalized spacial score (nSPS) is 40.3. The van der Waals surface area contributed by atoms with E-state index in [2.05, 4.69) is 33.0 Å². The molecule has 1 unspecified atom stereocenters. The third-order valence-electron chi connectivity index (χ3n) is 3.92. The van der Waals surface area contributed by atoms with Gasteiger partial charge in [0.1, 0.15) is 5.72 Å². The van der Waals surface area contributed by atoms with Gasteiger partial charge in [-0.1, -0.05) is 13.8 Å². The molecule has 0 aromatic heterocycles. The molecule has 0 aromatic carbocycles. The lowest BCUT2D eigenvalue weighted by atomic mass is 9.75. The Morgan fingerprint density at radius 3 is 2.43 bits per heavy atom. The van der Waals surface area contributed by atoms with Gasteiger partial charge in [0.25, 0.3) is 0 Å². The Hall–Kier alpha value is 0.270. The predicted octanol–water partition coefficient (Wildman–Crippen LogP) is 2.24. The molecule has 2 aliphatic rings. The Morgan fingerprint density at radius 1 is 1.21 bits per heavy atom. The molecule has 82 valence electrons. The van der Waals surface area contributed by atoms with Crippen molar-refractivity contribution in [3.63, 3.8) is 0 Å². The minimum atomic E-state index is -0.0247. The largest absolute Gasteiger partial charge is 0.353 e. The lowest BCUT2D eigenvalue weighted by Gasteiger charge is -2.53. The van der Waals surface area contributed by atoms with E-state index >= 15 is 0 Å².